The Labute approximate surface area is 199 Å². The van der Waals surface area contributed by atoms with E-state index in [-0.39, 0.29) is 0 Å². The lowest BCUT2D eigenvalue weighted by atomic mass is 10.0. The van der Waals surface area contributed by atoms with Crippen LogP contribution >= 0.6 is 0 Å². The Hall–Kier alpha value is -4.43. The smallest absolute Gasteiger partial charge is 0.138 e. The van der Waals surface area contributed by atoms with E-state index in [4.69, 9.17) is 4.98 Å². The first kappa shape index (κ1) is 20.2. The van der Waals surface area contributed by atoms with Crippen molar-refractivity contribution in [2.75, 3.05) is 0 Å². The van der Waals surface area contributed by atoms with Crippen molar-refractivity contribution in [3.05, 3.63) is 133 Å². The minimum Gasteiger partial charge on any atom is -0.293 e. The van der Waals surface area contributed by atoms with Gasteiger partial charge in [-0.2, -0.15) is 0 Å². The van der Waals surface area contributed by atoms with Gasteiger partial charge in [-0.3, -0.25) is 4.57 Å². The number of para-hydroxylation sites is 1. The number of hydrogen-bond acceptors (Lipinski definition) is 1. The highest BCUT2D eigenvalue weighted by molar-refractivity contribution is 5.93. The van der Waals surface area contributed by atoms with E-state index in [0.717, 1.165) is 28.2 Å². The van der Waals surface area contributed by atoms with Crippen molar-refractivity contribution in [1.29, 1.82) is 0 Å². The van der Waals surface area contributed by atoms with Crippen molar-refractivity contribution < 1.29 is 0 Å². The van der Waals surface area contributed by atoms with Gasteiger partial charge in [0.15, 0.2) is 0 Å². The Morgan fingerprint density at radius 1 is 0.529 bits per heavy atom. The summed E-state index contributed by atoms with van der Waals surface area (Å²) in [5.41, 5.74) is 9.19. The van der Waals surface area contributed by atoms with Crippen molar-refractivity contribution in [1.82, 2.24) is 9.55 Å². The van der Waals surface area contributed by atoms with Crippen molar-refractivity contribution in [2.24, 2.45) is 0 Å². The first-order valence-electron chi connectivity index (χ1n) is 11.6. The zero-order valence-corrected chi connectivity index (χ0v) is 19.0. The maximum absolute atomic E-state index is 5.21. The second kappa shape index (κ2) is 8.49. The van der Waals surface area contributed by atoms with Crippen molar-refractivity contribution in [3.8, 4) is 39.5 Å². The second-order valence-corrected chi connectivity index (χ2v) is 8.52. The topological polar surface area (TPSA) is 17.8 Å². The minimum absolute atomic E-state index is 0.920. The first-order chi connectivity index (χ1) is 16.8. The molecule has 34 heavy (non-hydrogen) atoms. The maximum Gasteiger partial charge on any atom is 0.138 e. The molecule has 0 saturated heterocycles. The van der Waals surface area contributed by atoms with Gasteiger partial charge in [0.25, 0.3) is 0 Å². The van der Waals surface area contributed by atoms with Crippen molar-refractivity contribution in [2.45, 2.75) is 6.92 Å². The van der Waals surface area contributed by atoms with Crippen LogP contribution in [0, 0.1) is 6.92 Å². The van der Waals surface area contributed by atoms with E-state index in [1.807, 2.05) is 6.07 Å². The molecule has 2 aromatic heterocycles. The van der Waals surface area contributed by atoms with Gasteiger partial charge in [0.05, 0.1) is 16.9 Å². The second-order valence-electron chi connectivity index (χ2n) is 8.52. The molecule has 0 aliphatic rings. The van der Waals surface area contributed by atoms with Gasteiger partial charge in [0.2, 0.25) is 0 Å². The molecule has 0 amide bonds. The van der Waals surface area contributed by atoms with Gasteiger partial charge >= 0.3 is 0 Å². The lowest BCUT2D eigenvalue weighted by Gasteiger charge is -2.15. The third-order valence-corrected chi connectivity index (χ3v) is 6.39. The van der Waals surface area contributed by atoms with Crippen LogP contribution in [0.5, 0.6) is 0 Å². The van der Waals surface area contributed by atoms with Crippen molar-refractivity contribution >= 4 is 10.9 Å². The summed E-state index contributed by atoms with van der Waals surface area (Å²) in [6.45, 7) is 2.21. The van der Waals surface area contributed by atoms with Crippen LogP contribution in [0.1, 0.15) is 5.56 Å². The predicted molar refractivity (Wildman–Crippen MR) is 142 cm³/mol. The molecule has 0 saturated carbocycles. The fraction of sp³-hybridized carbons (Fsp3) is 0.0312. The Kier molecular flexibility index (Phi) is 5.04. The lowest BCUT2D eigenvalue weighted by Crippen LogP contribution is -2.02. The first-order valence-corrected chi connectivity index (χ1v) is 11.6. The highest BCUT2D eigenvalue weighted by atomic mass is 15.1. The predicted octanol–water partition coefficient (Wildman–Crippen LogP) is 8.33. The SMILES string of the molecule is Cc1c(-c2ccccc2)n(-c2cc(-c3ccccc3)cc(-c3ccccc3)n2)c2ccccc12. The van der Waals surface area contributed by atoms with Crippen LogP contribution in [-0.2, 0) is 0 Å². The Morgan fingerprint density at radius 2 is 1.09 bits per heavy atom. The molecule has 2 nitrogen and oxygen atoms in total. The maximum atomic E-state index is 5.21. The van der Waals surface area contributed by atoms with Gasteiger partial charge in [0, 0.05) is 10.9 Å². The number of fused-ring (bicyclic) bond motifs is 1. The number of nitrogens with zero attached hydrogens (tertiary/aromatic N) is 2. The molecule has 0 spiro atoms. The fourth-order valence-corrected chi connectivity index (χ4v) is 4.77. The summed E-state index contributed by atoms with van der Waals surface area (Å²) in [4.78, 5) is 5.21. The molecule has 0 bridgehead atoms. The molecule has 0 atom stereocenters. The van der Waals surface area contributed by atoms with Gasteiger partial charge in [-0.25, -0.2) is 4.98 Å². The summed E-state index contributed by atoms with van der Waals surface area (Å²) in [5.74, 6) is 0.920. The molecule has 2 heterocycles. The van der Waals surface area contributed by atoms with Gasteiger partial charge in [-0.15, -0.1) is 0 Å². The molecule has 0 N–H and O–H groups in total. The van der Waals surface area contributed by atoms with Gasteiger partial charge < -0.3 is 0 Å². The van der Waals surface area contributed by atoms with Gasteiger partial charge in [-0.1, -0.05) is 109 Å². The Bertz CT molecular complexity index is 1520. The van der Waals surface area contributed by atoms with Crippen LogP contribution in [0.3, 0.4) is 0 Å². The number of rotatable bonds is 4. The Morgan fingerprint density at radius 3 is 1.76 bits per heavy atom. The zero-order chi connectivity index (χ0) is 22.9. The molecule has 2 heteroatoms. The van der Waals surface area contributed by atoms with Gasteiger partial charge in [0.1, 0.15) is 5.82 Å². The minimum atomic E-state index is 0.920. The molecular formula is C32H24N2. The molecular weight excluding hydrogens is 412 g/mol. The normalized spacial score (nSPS) is 11.1. The van der Waals surface area contributed by atoms with E-state index < -0.39 is 0 Å². The van der Waals surface area contributed by atoms with Crippen molar-refractivity contribution in [3.63, 3.8) is 0 Å². The summed E-state index contributed by atoms with van der Waals surface area (Å²) in [7, 11) is 0. The molecule has 6 rings (SSSR count). The highest BCUT2D eigenvalue weighted by Crippen LogP contribution is 2.37. The van der Waals surface area contributed by atoms with E-state index in [1.54, 1.807) is 0 Å². The molecule has 0 aliphatic heterocycles. The van der Waals surface area contributed by atoms with Crippen LogP contribution in [0.4, 0.5) is 0 Å². The van der Waals surface area contributed by atoms with Crippen LogP contribution in [-0.4, -0.2) is 9.55 Å². The van der Waals surface area contributed by atoms with Crippen LogP contribution in [0.25, 0.3) is 50.4 Å². The number of aryl methyl sites for hydroxylation is 1. The molecule has 0 unspecified atom stereocenters. The summed E-state index contributed by atoms with van der Waals surface area (Å²) < 4.78 is 2.32. The van der Waals surface area contributed by atoms with Crippen LogP contribution in [0.2, 0.25) is 0 Å². The number of hydrogen-bond donors (Lipinski definition) is 0. The molecule has 0 aliphatic carbocycles. The molecule has 0 radical (unpaired) electrons. The molecule has 162 valence electrons. The Balaban J connectivity index is 1.69. The average Bonchev–Trinajstić information content (AvgIpc) is 3.22. The van der Waals surface area contributed by atoms with E-state index in [2.05, 4.69) is 133 Å². The molecule has 4 aromatic carbocycles. The summed E-state index contributed by atoms with van der Waals surface area (Å²) in [6, 6.07) is 44.6. The third-order valence-electron chi connectivity index (χ3n) is 6.39. The summed E-state index contributed by atoms with van der Waals surface area (Å²) >= 11 is 0. The highest BCUT2D eigenvalue weighted by Gasteiger charge is 2.19. The van der Waals surface area contributed by atoms with E-state index in [9.17, 15) is 0 Å². The lowest BCUT2D eigenvalue weighted by molar-refractivity contribution is 1.05. The van der Waals surface area contributed by atoms with E-state index >= 15 is 0 Å². The van der Waals surface area contributed by atoms with E-state index in [0.29, 0.717) is 0 Å². The largest absolute Gasteiger partial charge is 0.293 e. The fourth-order valence-electron chi connectivity index (χ4n) is 4.77. The standard InChI is InChI=1S/C32H24N2/c1-23-28-19-11-12-20-30(28)34(32(23)26-17-9-4-10-18-26)31-22-27(24-13-5-2-6-14-24)21-29(33-31)25-15-7-3-8-16-25/h2-22H,1H3. The van der Waals surface area contributed by atoms with E-state index in [1.165, 1.54) is 27.8 Å². The quantitative estimate of drug-likeness (QED) is 0.271. The summed E-state index contributed by atoms with van der Waals surface area (Å²) in [5, 5.41) is 1.24. The summed E-state index contributed by atoms with van der Waals surface area (Å²) in [6.07, 6.45) is 0. The third kappa shape index (κ3) is 3.50. The monoisotopic (exact) mass is 436 g/mol. The molecule has 6 aromatic rings. The van der Waals surface area contributed by atoms with Gasteiger partial charge in [-0.05, 0) is 47.4 Å². The van der Waals surface area contributed by atoms with Crippen LogP contribution in [0.15, 0.2) is 127 Å². The number of benzene rings is 4. The van der Waals surface area contributed by atoms with Crippen LogP contribution < -0.4 is 0 Å². The molecule has 0 fully saturated rings. The average molecular weight is 437 g/mol. The zero-order valence-electron chi connectivity index (χ0n) is 19.0. The number of aromatic nitrogens is 2. The number of pyridine rings is 1.